The first kappa shape index (κ1) is 29.0. The van der Waals surface area contributed by atoms with Crippen LogP contribution in [0, 0.1) is 0 Å². The number of nitrogens with one attached hydrogen (secondary N) is 1. The predicted octanol–water partition coefficient (Wildman–Crippen LogP) is 5.79. The van der Waals surface area contributed by atoms with Crippen LogP contribution in [0.15, 0.2) is 71.1 Å². The topological polar surface area (TPSA) is 88.6 Å². The molecule has 1 N–H and O–H groups in total. The summed E-state index contributed by atoms with van der Waals surface area (Å²) in [5.74, 6) is -1.52. The number of ether oxygens (including phenoxy) is 1. The molecule has 0 radical (unpaired) electrons. The summed E-state index contributed by atoms with van der Waals surface area (Å²) in [6.45, 7) is 5.00. The van der Waals surface area contributed by atoms with Crippen molar-refractivity contribution < 1.29 is 19.1 Å². The number of thiazole rings is 1. The second-order valence-electron chi connectivity index (χ2n) is 8.44. The van der Waals surface area contributed by atoms with Gasteiger partial charge in [0.15, 0.2) is 10.4 Å². The summed E-state index contributed by atoms with van der Waals surface area (Å²) in [6, 6.07) is 15.0. The fourth-order valence-electron chi connectivity index (χ4n) is 3.76. The average Bonchev–Trinajstić information content (AvgIpc) is 3.28. The maximum Gasteiger partial charge on any atom is 0.333 e. The number of likely N-dealkylation sites (tertiary alicyclic amines) is 1. The molecule has 0 spiro atoms. The van der Waals surface area contributed by atoms with E-state index in [1.54, 1.807) is 6.92 Å². The number of esters is 1. The molecule has 7 nitrogen and oxygen atoms in total. The van der Waals surface area contributed by atoms with Gasteiger partial charge in [-0.1, -0.05) is 94.6 Å². The molecule has 2 aromatic carbocycles. The number of hydrogen-bond donors (Lipinski definition) is 1. The number of rotatable bonds is 10. The van der Waals surface area contributed by atoms with E-state index in [1.165, 1.54) is 37.8 Å². The van der Waals surface area contributed by atoms with Gasteiger partial charge in [-0.25, -0.2) is 9.78 Å². The van der Waals surface area contributed by atoms with E-state index >= 15 is 0 Å². The number of aromatic nitrogens is 1. The quantitative estimate of drug-likeness (QED) is 0.0997. The van der Waals surface area contributed by atoms with Crippen LogP contribution in [0.4, 0.5) is 0 Å². The zero-order chi connectivity index (χ0) is 27.4. The summed E-state index contributed by atoms with van der Waals surface area (Å²) in [4.78, 5) is 45.0. The van der Waals surface area contributed by atoms with Crippen LogP contribution in [0.3, 0.4) is 0 Å². The van der Waals surface area contributed by atoms with Gasteiger partial charge in [0.05, 0.1) is 16.6 Å². The second-order valence-corrected chi connectivity index (χ2v) is 14.6. The van der Waals surface area contributed by atoms with Crippen molar-refractivity contribution in [1.29, 1.82) is 0 Å². The molecule has 38 heavy (non-hydrogen) atoms. The lowest BCUT2D eigenvalue weighted by atomic mass is 9.99. The number of β-lactam (4-membered cyclic amide) rings is 1. The van der Waals surface area contributed by atoms with Crippen LogP contribution in [0.25, 0.3) is 10.2 Å². The van der Waals surface area contributed by atoms with Crippen LogP contribution >= 0.6 is 67.7 Å². The fourth-order valence-corrected chi connectivity index (χ4v) is 7.88. The summed E-state index contributed by atoms with van der Waals surface area (Å²) in [5, 5.41) is 2.21. The zero-order valence-electron chi connectivity index (χ0n) is 19.9. The van der Waals surface area contributed by atoms with E-state index in [1.807, 2.05) is 54.6 Å². The minimum atomic E-state index is -1.81. The minimum Gasteiger partial charge on any atom is -0.459 e. The zero-order valence-corrected chi connectivity index (χ0v) is 24.7. The maximum absolute atomic E-state index is 13.3. The molecule has 4 rings (SSSR count). The third-order valence-corrected chi connectivity index (χ3v) is 9.80. The number of para-hydroxylation sites is 1. The molecule has 1 aliphatic rings. The van der Waals surface area contributed by atoms with Crippen molar-refractivity contribution >= 4 is 95.7 Å². The second kappa shape index (κ2) is 12.5. The van der Waals surface area contributed by atoms with Gasteiger partial charge in [-0.05, 0) is 41.0 Å². The van der Waals surface area contributed by atoms with Gasteiger partial charge in [0.25, 0.3) is 0 Å². The fraction of sp³-hybridized carbons (Fsp3) is 0.280. The number of carbonyl (C=O) groups excluding carboxylic acids is 3. The smallest absolute Gasteiger partial charge is 0.333 e. The molecular formula is C25H22Cl3N3O4S3. The number of amides is 2. The normalized spacial score (nSPS) is 18.1. The highest BCUT2D eigenvalue weighted by molar-refractivity contribution is 8.77. The van der Waals surface area contributed by atoms with Crippen LogP contribution < -0.4 is 5.32 Å². The van der Waals surface area contributed by atoms with Gasteiger partial charge in [-0.15, -0.1) is 11.3 Å². The standard InChI is InChI=1S/C25H22Cl3N3O4S3/c1-14(2)20(23(34)35-13-25(26,27)28)31-21(33)19(30-18(32)12-15-8-4-3-5-9-15)22(31)37-38-24-29-16-10-6-7-11-17(16)36-24/h3-11,19-20,22H,1,12-13H2,2H3,(H,30,32). The molecule has 0 saturated carbocycles. The van der Waals surface area contributed by atoms with Crippen LogP contribution in [0.2, 0.25) is 0 Å². The molecule has 2 amide bonds. The minimum absolute atomic E-state index is 0.113. The number of nitrogens with zero attached hydrogens (tertiary/aromatic N) is 2. The lowest BCUT2D eigenvalue weighted by molar-refractivity contribution is -0.162. The number of carbonyl (C=O) groups is 3. The molecule has 0 aliphatic carbocycles. The molecule has 1 saturated heterocycles. The molecule has 3 atom stereocenters. The van der Waals surface area contributed by atoms with E-state index in [0.717, 1.165) is 20.1 Å². The van der Waals surface area contributed by atoms with E-state index in [2.05, 4.69) is 16.9 Å². The first-order valence-electron chi connectivity index (χ1n) is 11.3. The first-order valence-corrected chi connectivity index (χ1v) is 15.4. The van der Waals surface area contributed by atoms with Crippen molar-refractivity contribution in [3.63, 3.8) is 0 Å². The largest absolute Gasteiger partial charge is 0.459 e. The van der Waals surface area contributed by atoms with E-state index in [-0.39, 0.29) is 12.3 Å². The molecular weight excluding hydrogens is 609 g/mol. The van der Waals surface area contributed by atoms with Crippen LogP contribution in [-0.2, 0) is 25.5 Å². The SMILES string of the molecule is C=C(C)C(C(=O)OCC(Cl)(Cl)Cl)N1C(=O)C(NC(=O)Cc2ccccc2)C1SSc1nc2ccccc2s1. The summed E-state index contributed by atoms with van der Waals surface area (Å²) < 4.78 is 5.17. The Labute approximate surface area is 246 Å². The molecule has 0 bridgehead atoms. The predicted molar refractivity (Wildman–Crippen MR) is 156 cm³/mol. The number of alkyl halides is 3. The Balaban J connectivity index is 1.53. The Kier molecular flexibility index (Phi) is 9.54. The van der Waals surface area contributed by atoms with Gasteiger partial charge in [0.2, 0.25) is 15.6 Å². The number of benzene rings is 2. The highest BCUT2D eigenvalue weighted by Gasteiger charge is 2.54. The van der Waals surface area contributed by atoms with Crippen LogP contribution in [-0.4, -0.2) is 55.5 Å². The van der Waals surface area contributed by atoms with Gasteiger partial charge < -0.3 is 15.0 Å². The number of hydrogen-bond acceptors (Lipinski definition) is 8. The first-order chi connectivity index (χ1) is 18.0. The van der Waals surface area contributed by atoms with E-state index < -0.39 is 39.7 Å². The molecule has 1 aromatic heterocycles. The third-order valence-electron chi connectivity index (χ3n) is 5.44. The summed E-state index contributed by atoms with van der Waals surface area (Å²) in [5.41, 5.74) is 2.05. The lowest BCUT2D eigenvalue weighted by Crippen LogP contribution is -2.73. The molecule has 3 unspecified atom stereocenters. The summed E-state index contributed by atoms with van der Waals surface area (Å²) >= 11 is 18.7. The Morgan fingerprint density at radius 2 is 1.87 bits per heavy atom. The van der Waals surface area contributed by atoms with Crippen LogP contribution in [0.1, 0.15) is 12.5 Å². The molecule has 2 heterocycles. The number of fused-ring (bicyclic) bond motifs is 1. The van der Waals surface area contributed by atoms with Crippen molar-refractivity contribution in [2.24, 2.45) is 0 Å². The molecule has 200 valence electrons. The Morgan fingerprint density at radius 1 is 1.18 bits per heavy atom. The third kappa shape index (κ3) is 7.16. The highest BCUT2D eigenvalue weighted by atomic mass is 35.6. The Morgan fingerprint density at radius 3 is 2.53 bits per heavy atom. The van der Waals surface area contributed by atoms with Crippen molar-refractivity contribution in [1.82, 2.24) is 15.2 Å². The van der Waals surface area contributed by atoms with Crippen molar-refractivity contribution in [2.75, 3.05) is 6.61 Å². The summed E-state index contributed by atoms with van der Waals surface area (Å²) in [7, 11) is 2.68. The molecule has 3 aromatic rings. The average molecular weight is 631 g/mol. The van der Waals surface area contributed by atoms with Crippen molar-refractivity contribution in [3.8, 4) is 0 Å². The van der Waals surface area contributed by atoms with Gasteiger partial charge in [0, 0.05) is 0 Å². The lowest BCUT2D eigenvalue weighted by Gasteiger charge is -2.49. The number of halogens is 3. The van der Waals surface area contributed by atoms with E-state index in [9.17, 15) is 14.4 Å². The monoisotopic (exact) mass is 629 g/mol. The molecule has 1 fully saturated rings. The van der Waals surface area contributed by atoms with E-state index in [0.29, 0.717) is 5.57 Å². The molecule has 13 heteroatoms. The molecule has 1 aliphatic heterocycles. The Hall–Kier alpha value is -1.95. The maximum atomic E-state index is 13.3. The highest BCUT2D eigenvalue weighted by Crippen LogP contribution is 2.45. The Bertz CT molecular complexity index is 1320. The van der Waals surface area contributed by atoms with Gasteiger partial charge in [0.1, 0.15) is 18.0 Å². The van der Waals surface area contributed by atoms with Gasteiger partial charge in [-0.2, -0.15) is 0 Å². The van der Waals surface area contributed by atoms with Gasteiger partial charge >= 0.3 is 5.97 Å². The van der Waals surface area contributed by atoms with Crippen molar-refractivity contribution in [2.45, 2.75) is 38.9 Å². The van der Waals surface area contributed by atoms with Gasteiger partial charge in [-0.3, -0.25) is 9.59 Å². The van der Waals surface area contributed by atoms with Crippen molar-refractivity contribution in [3.05, 3.63) is 72.3 Å². The van der Waals surface area contributed by atoms with E-state index in [4.69, 9.17) is 39.5 Å². The summed E-state index contributed by atoms with van der Waals surface area (Å²) in [6.07, 6.45) is 0.113. The van der Waals surface area contributed by atoms with Crippen LogP contribution in [0.5, 0.6) is 0 Å².